The first-order chi connectivity index (χ1) is 21.0. The monoisotopic (exact) mass is 671 g/mol. The first kappa shape index (κ1) is 33.3. The molecule has 4 aromatic rings. The number of nitrogens with zero attached hydrogens (tertiary/aromatic N) is 2. The van der Waals surface area contributed by atoms with E-state index in [2.05, 4.69) is 5.32 Å². The van der Waals surface area contributed by atoms with E-state index in [-0.39, 0.29) is 40.5 Å². The number of carbonyl (C=O) groups is 2. The van der Waals surface area contributed by atoms with Crippen LogP contribution in [0.5, 0.6) is 0 Å². The van der Waals surface area contributed by atoms with Crippen molar-refractivity contribution in [3.05, 3.63) is 129 Å². The molecule has 0 aliphatic heterocycles. The molecule has 0 spiro atoms. The van der Waals surface area contributed by atoms with Gasteiger partial charge in [-0.2, -0.15) is 0 Å². The van der Waals surface area contributed by atoms with Gasteiger partial charge in [0, 0.05) is 29.1 Å². The minimum atomic E-state index is -4.28. The molecule has 7 nitrogen and oxygen atoms in total. The number of benzene rings is 4. The Balaban J connectivity index is 1.82. The van der Waals surface area contributed by atoms with Crippen molar-refractivity contribution in [2.75, 3.05) is 10.8 Å². The van der Waals surface area contributed by atoms with E-state index in [4.69, 9.17) is 34.8 Å². The van der Waals surface area contributed by atoms with E-state index < -0.39 is 28.5 Å². The van der Waals surface area contributed by atoms with Crippen LogP contribution >= 0.6 is 34.8 Å². The van der Waals surface area contributed by atoms with Gasteiger partial charge < -0.3 is 10.2 Å². The molecule has 0 bridgehead atoms. The summed E-state index contributed by atoms with van der Waals surface area (Å²) in [5, 5.41) is 3.80. The Labute approximate surface area is 273 Å². The first-order valence-corrected chi connectivity index (χ1v) is 16.4. The average Bonchev–Trinajstić information content (AvgIpc) is 2.99. The fourth-order valence-corrected chi connectivity index (χ4v) is 6.78. The molecule has 0 saturated carbocycles. The molecule has 11 heteroatoms. The van der Waals surface area contributed by atoms with E-state index in [0.717, 1.165) is 9.87 Å². The lowest BCUT2D eigenvalue weighted by atomic mass is 10.0. The maximum absolute atomic E-state index is 14.4. The lowest BCUT2D eigenvalue weighted by Gasteiger charge is -2.34. The largest absolute Gasteiger partial charge is 0.352 e. The van der Waals surface area contributed by atoms with Crippen LogP contribution in [0.3, 0.4) is 0 Å². The molecule has 1 N–H and O–H groups in total. The van der Waals surface area contributed by atoms with Crippen molar-refractivity contribution in [2.24, 2.45) is 0 Å². The molecule has 0 aliphatic carbocycles. The van der Waals surface area contributed by atoms with Crippen LogP contribution in [-0.2, 0) is 32.6 Å². The van der Waals surface area contributed by atoms with Crippen molar-refractivity contribution >= 4 is 62.3 Å². The Morgan fingerprint density at radius 2 is 1.36 bits per heavy atom. The molecule has 0 heterocycles. The van der Waals surface area contributed by atoms with E-state index in [1.807, 2.05) is 44.2 Å². The highest BCUT2D eigenvalue weighted by atomic mass is 35.5. The summed E-state index contributed by atoms with van der Waals surface area (Å²) >= 11 is 18.8. The molecular weight excluding hydrogens is 641 g/mol. The second-order valence-corrected chi connectivity index (χ2v) is 13.6. The second-order valence-electron chi connectivity index (χ2n) is 10.4. The number of rotatable bonds is 12. The van der Waals surface area contributed by atoms with Gasteiger partial charge in [-0.3, -0.25) is 13.9 Å². The van der Waals surface area contributed by atoms with Crippen molar-refractivity contribution in [2.45, 2.75) is 43.8 Å². The predicted octanol–water partition coefficient (Wildman–Crippen LogP) is 7.01. The van der Waals surface area contributed by atoms with Crippen molar-refractivity contribution < 1.29 is 18.0 Å². The number of nitrogens with one attached hydrogen (secondary N) is 1. The molecule has 4 aromatic carbocycles. The number of halogens is 3. The van der Waals surface area contributed by atoms with Gasteiger partial charge in [0.05, 0.1) is 15.6 Å². The smallest absolute Gasteiger partial charge is 0.264 e. The third-order valence-corrected chi connectivity index (χ3v) is 9.32. The molecule has 230 valence electrons. The summed E-state index contributed by atoms with van der Waals surface area (Å²) < 4.78 is 29.0. The van der Waals surface area contributed by atoms with Gasteiger partial charge in [-0.15, -0.1) is 0 Å². The molecule has 0 saturated heterocycles. The SMILES string of the molecule is CC(C)NC(=O)[C@H](Cc1ccccc1)N(Cc1ccc(Cl)cc1)C(=O)CN(c1ccc(Cl)cc1Cl)S(=O)(=O)c1ccccc1. The maximum atomic E-state index is 14.4. The van der Waals surface area contributed by atoms with Gasteiger partial charge in [-0.05, 0) is 67.4 Å². The molecule has 1 atom stereocenters. The fourth-order valence-electron chi connectivity index (χ4n) is 4.64. The molecule has 0 unspecified atom stereocenters. The van der Waals surface area contributed by atoms with Gasteiger partial charge in [0.1, 0.15) is 12.6 Å². The molecule has 44 heavy (non-hydrogen) atoms. The molecule has 4 rings (SSSR count). The van der Waals surface area contributed by atoms with E-state index >= 15 is 0 Å². The molecule has 2 amide bonds. The zero-order valence-corrected chi connectivity index (χ0v) is 27.2. The Morgan fingerprint density at radius 3 is 1.95 bits per heavy atom. The number of anilines is 1. The minimum absolute atomic E-state index is 0.0204. The van der Waals surface area contributed by atoms with Crippen molar-refractivity contribution in [1.29, 1.82) is 0 Å². The van der Waals surface area contributed by atoms with Gasteiger partial charge in [-0.25, -0.2) is 8.42 Å². The van der Waals surface area contributed by atoms with E-state index in [0.29, 0.717) is 15.6 Å². The van der Waals surface area contributed by atoms with E-state index in [1.54, 1.807) is 42.5 Å². The van der Waals surface area contributed by atoms with Gasteiger partial charge in [-0.1, -0.05) is 95.5 Å². The average molecular weight is 673 g/mol. The minimum Gasteiger partial charge on any atom is -0.352 e. The Hall–Kier alpha value is -3.56. The third kappa shape index (κ3) is 8.54. The lowest BCUT2D eigenvalue weighted by molar-refractivity contribution is -0.140. The Morgan fingerprint density at radius 1 is 0.773 bits per heavy atom. The normalized spacial score (nSPS) is 12.0. The molecule has 0 fully saturated rings. The Bertz CT molecular complexity index is 1690. The van der Waals surface area contributed by atoms with Crippen LogP contribution in [0.2, 0.25) is 15.1 Å². The van der Waals surface area contributed by atoms with Gasteiger partial charge >= 0.3 is 0 Å². The Kier molecular flexibility index (Phi) is 11.3. The standard InChI is InChI=1S/C33H32Cl3N3O4S/c1-23(2)37-33(41)31(19-24-9-5-3-6-10-24)38(21-25-13-15-26(34)16-14-25)32(40)22-39(30-18-17-27(35)20-29(30)36)44(42,43)28-11-7-4-8-12-28/h3-18,20,23,31H,19,21-22H2,1-2H3,(H,37,41)/t31-/m0/s1. The summed E-state index contributed by atoms with van der Waals surface area (Å²) in [5.74, 6) is -0.974. The molecular formula is C33H32Cl3N3O4S. The summed E-state index contributed by atoms with van der Waals surface area (Å²) in [5.41, 5.74) is 1.62. The van der Waals surface area contributed by atoms with Gasteiger partial charge in [0.15, 0.2) is 0 Å². The predicted molar refractivity (Wildman–Crippen MR) is 177 cm³/mol. The van der Waals surface area contributed by atoms with Crippen LogP contribution in [0.1, 0.15) is 25.0 Å². The maximum Gasteiger partial charge on any atom is 0.264 e. The van der Waals surface area contributed by atoms with Crippen LogP contribution in [0.4, 0.5) is 5.69 Å². The fraction of sp³-hybridized carbons (Fsp3) is 0.212. The highest BCUT2D eigenvalue weighted by molar-refractivity contribution is 7.92. The molecule has 0 radical (unpaired) electrons. The summed E-state index contributed by atoms with van der Waals surface area (Å²) in [4.78, 5) is 29.5. The highest BCUT2D eigenvalue weighted by Gasteiger charge is 2.35. The van der Waals surface area contributed by atoms with Gasteiger partial charge in [0.2, 0.25) is 11.8 Å². The number of sulfonamides is 1. The van der Waals surface area contributed by atoms with E-state index in [1.165, 1.54) is 35.2 Å². The van der Waals surface area contributed by atoms with Crippen LogP contribution in [0, 0.1) is 0 Å². The number of amides is 2. The highest BCUT2D eigenvalue weighted by Crippen LogP contribution is 2.33. The summed E-state index contributed by atoms with van der Waals surface area (Å²) in [6.45, 7) is 3.05. The van der Waals surface area contributed by atoms with Crippen molar-refractivity contribution in [1.82, 2.24) is 10.2 Å². The van der Waals surface area contributed by atoms with Crippen LogP contribution in [0.25, 0.3) is 0 Å². The molecule has 0 aromatic heterocycles. The van der Waals surface area contributed by atoms with Crippen LogP contribution in [-0.4, -0.2) is 43.8 Å². The van der Waals surface area contributed by atoms with Crippen molar-refractivity contribution in [3.63, 3.8) is 0 Å². The zero-order valence-electron chi connectivity index (χ0n) is 24.2. The van der Waals surface area contributed by atoms with Crippen LogP contribution < -0.4 is 9.62 Å². The van der Waals surface area contributed by atoms with Gasteiger partial charge in [0.25, 0.3) is 10.0 Å². The lowest BCUT2D eigenvalue weighted by Crippen LogP contribution is -2.54. The summed E-state index contributed by atoms with van der Waals surface area (Å²) in [7, 11) is -4.28. The van der Waals surface area contributed by atoms with E-state index in [9.17, 15) is 18.0 Å². The topological polar surface area (TPSA) is 86.8 Å². The quantitative estimate of drug-likeness (QED) is 0.176. The number of carbonyl (C=O) groups excluding carboxylic acids is 2. The first-order valence-electron chi connectivity index (χ1n) is 13.9. The number of hydrogen-bond donors (Lipinski definition) is 1. The number of hydrogen-bond acceptors (Lipinski definition) is 4. The van der Waals surface area contributed by atoms with Crippen molar-refractivity contribution in [3.8, 4) is 0 Å². The summed E-state index contributed by atoms with van der Waals surface area (Å²) in [6.07, 6.45) is 0.200. The zero-order chi connectivity index (χ0) is 31.9. The van der Waals surface area contributed by atoms with Crippen LogP contribution in [0.15, 0.2) is 108 Å². The second kappa shape index (κ2) is 14.9. The molecule has 0 aliphatic rings. The summed E-state index contributed by atoms with van der Waals surface area (Å²) in [6, 6.07) is 27.2. The third-order valence-electron chi connectivity index (χ3n) is 6.76.